The highest BCUT2D eigenvalue weighted by atomic mass is 16.2. The lowest BCUT2D eigenvalue weighted by Crippen LogP contribution is -2.26. The molecule has 2 aromatic rings. The number of rotatable bonds is 3. The summed E-state index contributed by atoms with van der Waals surface area (Å²) in [6, 6.07) is 1.65. The summed E-state index contributed by atoms with van der Waals surface area (Å²) in [7, 11) is 1.69. The van der Waals surface area contributed by atoms with E-state index in [2.05, 4.69) is 26.8 Å². The molecule has 2 heterocycles. The van der Waals surface area contributed by atoms with Gasteiger partial charge in [0.25, 0.3) is 5.91 Å². The summed E-state index contributed by atoms with van der Waals surface area (Å²) >= 11 is 0. The second-order valence-corrected chi connectivity index (χ2v) is 4.12. The first-order valence-electron chi connectivity index (χ1n) is 5.99. The fourth-order valence-electron chi connectivity index (χ4n) is 1.67. The van der Waals surface area contributed by atoms with Crippen LogP contribution >= 0.6 is 0 Å². The SMILES string of the molecule is CN(Cc1ncc[nH]1)C(=O)c1cncc(C#CCO)c1. The molecular formula is C14H14N4O2. The molecule has 102 valence electrons. The van der Waals surface area contributed by atoms with Gasteiger partial charge >= 0.3 is 0 Å². The second kappa shape index (κ2) is 6.50. The zero-order valence-corrected chi connectivity index (χ0v) is 11.0. The molecule has 0 radical (unpaired) electrons. The van der Waals surface area contributed by atoms with E-state index in [0.29, 0.717) is 23.5 Å². The van der Waals surface area contributed by atoms with Crippen molar-refractivity contribution in [3.05, 3.63) is 47.8 Å². The molecule has 0 atom stereocenters. The van der Waals surface area contributed by atoms with Crippen molar-refractivity contribution in [3.8, 4) is 11.8 Å². The Bertz CT molecular complexity index is 641. The topological polar surface area (TPSA) is 82.1 Å². The van der Waals surface area contributed by atoms with Gasteiger partial charge in [-0.1, -0.05) is 11.8 Å². The first-order valence-corrected chi connectivity index (χ1v) is 5.99. The Kier molecular flexibility index (Phi) is 4.47. The van der Waals surface area contributed by atoms with Gasteiger partial charge in [0, 0.05) is 37.4 Å². The van der Waals surface area contributed by atoms with Gasteiger partial charge in [-0.15, -0.1) is 0 Å². The minimum Gasteiger partial charge on any atom is -0.384 e. The number of aromatic nitrogens is 3. The van der Waals surface area contributed by atoms with Crippen molar-refractivity contribution in [1.29, 1.82) is 0 Å². The Labute approximate surface area is 116 Å². The molecule has 0 spiro atoms. The Morgan fingerprint density at radius 3 is 3.05 bits per heavy atom. The Hall–Kier alpha value is -2.65. The van der Waals surface area contributed by atoms with Crippen LogP contribution in [0.15, 0.2) is 30.9 Å². The van der Waals surface area contributed by atoms with Gasteiger partial charge in [0.2, 0.25) is 0 Å². The number of hydrogen-bond donors (Lipinski definition) is 2. The lowest BCUT2D eigenvalue weighted by atomic mass is 10.2. The maximum absolute atomic E-state index is 12.2. The zero-order chi connectivity index (χ0) is 14.4. The molecule has 0 saturated heterocycles. The average molecular weight is 270 g/mol. The molecule has 0 aliphatic rings. The third-order valence-corrected chi connectivity index (χ3v) is 2.59. The van der Waals surface area contributed by atoms with Crippen LogP contribution in [0.4, 0.5) is 0 Å². The quantitative estimate of drug-likeness (QED) is 0.792. The van der Waals surface area contributed by atoms with Crippen molar-refractivity contribution >= 4 is 5.91 Å². The van der Waals surface area contributed by atoms with E-state index < -0.39 is 0 Å². The van der Waals surface area contributed by atoms with E-state index >= 15 is 0 Å². The minimum absolute atomic E-state index is 0.165. The molecule has 0 fully saturated rings. The van der Waals surface area contributed by atoms with E-state index in [1.807, 2.05) is 0 Å². The van der Waals surface area contributed by atoms with E-state index in [9.17, 15) is 4.79 Å². The molecule has 20 heavy (non-hydrogen) atoms. The van der Waals surface area contributed by atoms with Gasteiger partial charge in [-0.05, 0) is 6.07 Å². The molecule has 0 aliphatic heterocycles. The Balaban J connectivity index is 2.12. The van der Waals surface area contributed by atoms with Gasteiger partial charge in [-0.3, -0.25) is 9.78 Å². The largest absolute Gasteiger partial charge is 0.384 e. The second-order valence-electron chi connectivity index (χ2n) is 4.12. The lowest BCUT2D eigenvalue weighted by molar-refractivity contribution is 0.0781. The van der Waals surface area contributed by atoms with E-state index in [1.54, 1.807) is 36.6 Å². The van der Waals surface area contributed by atoms with Gasteiger partial charge in [0.15, 0.2) is 0 Å². The number of carbonyl (C=O) groups is 1. The smallest absolute Gasteiger partial charge is 0.255 e. The van der Waals surface area contributed by atoms with Crippen LogP contribution in [0.1, 0.15) is 21.7 Å². The van der Waals surface area contributed by atoms with E-state index in [1.165, 1.54) is 6.20 Å². The molecule has 2 aromatic heterocycles. The Morgan fingerprint density at radius 2 is 2.35 bits per heavy atom. The third kappa shape index (κ3) is 3.43. The highest BCUT2D eigenvalue weighted by molar-refractivity contribution is 5.94. The zero-order valence-electron chi connectivity index (χ0n) is 11.0. The third-order valence-electron chi connectivity index (χ3n) is 2.59. The highest BCUT2D eigenvalue weighted by Gasteiger charge is 2.13. The number of nitrogens with one attached hydrogen (secondary N) is 1. The molecule has 1 amide bonds. The van der Waals surface area contributed by atoms with Crippen molar-refractivity contribution in [2.24, 2.45) is 0 Å². The van der Waals surface area contributed by atoms with E-state index in [4.69, 9.17) is 5.11 Å². The molecule has 0 aliphatic carbocycles. The van der Waals surface area contributed by atoms with Crippen LogP contribution < -0.4 is 0 Å². The summed E-state index contributed by atoms with van der Waals surface area (Å²) in [5.74, 6) is 5.79. The standard InChI is InChI=1S/C14H14N4O2/c1-18(10-13-16-4-5-17-13)14(20)12-7-11(3-2-6-19)8-15-9-12/h4-5,7-9,19H,6,10H2,1H3,(H,16,17). The number of hydrogen-bond acceptors (Lipinski definition) is 4. The molecule has 0 bridgehead atoms. The fourth-order valence-corrected chi connectivity index (χ4v) is 1.67. The number of amides is 1. The van der Waals surface area contributed by atoms with Crippen molar-refractivity contribution in [2.45, 2.75) is 6.54 Å². The van der Waals surface area contributed by atoms with Gasteiger partial charge in [0.1, 0.15) is 12.4 Å². The van der Waals surface area contributed by atoms with Crippen molar-refractivity contribution in [3.63, 3.8) is 0 Å². The number of carbonyl (C=O) groups excluding carboxylic acids is 1. The number of H-pyrrole nitrogens is 1. The normalized spacial score (nSPS) is 9.70. The number of aromatic amines is 1. The molecule has 0 unspecified atom stereocenters. The monoisotopic (exact) mass is 270 g/mol. The van der Waals surface area contributed by atoms with Crippen LogP contribution in [-0.2, 0) is 6.54 Å². The summed E-state index contributed by atoms with van der Waals surface area (Å²) in [5.41, 5.74) is 1.04. The van der Waals surface area contributed by atoms with Crippen LogP contribution in [0.2, 0.25) is 0 Å². The van der Waals surface area contributed by atoms with Crippen LogP contribution in [0.5, 0.6) is 0 Å². The molecular weight excluding hydrogens is 256 g/mol. The highest BCUT2D eigenvalue weighted by Crippen LogP contribution is 2.07. The maximum Gasteiger partial charge on any atom is 0.255 e. The lowest BCUT2D eigenvalue weighted by Gasteiger charge is -2.15. The molecule has 2 rings (SSSR count). The summed E-state index contributed by atoms with van der Waals surface area (Å²) in [4.78, 5) is 24.8. The van der Waals surface area contributed by atoms with E-state index in [0.717, 1.165) is 0 Å². The first kappa shape index (κ1) is 13.8. The average Bonchev–Trinajstić information content (AvgIpc) is 2.97. The van der Waals surface area contributed by atoms with Crippen LogP contribution in [0, 0.1) is 11.8 Å². The molecule has 0 aromatic carbocycles. The Morgan fingerprint density at radius 1 is 1.50 bits per heavy atom. The van der Waals surface area contributed by atoms with Crippen LogP contribution in [-0.4, -0.2) is 44.5 Å². The van der Waals surface area contributed by atoms with Gasteiger partial charge < -0.3 is 15.0 Å². The number of pyridine rings is 1. The maximum atomic E-state index is 12.2. The van der Waals surface area contributed by atoms with Gasteiger partial charge in [0.05, 0.1) is 12.1 Å². The minimum atomic E-state index is -0.226. The van der Waals surface area contributed by atoms with Crippen molar-refractivity contribution < 1.29 is 9.90 Å². The summed E-state index contributed by atoms with van der Waals surface area (Å²) in [6.45, 7) is 0.162. The van der Waals surface area contributed by atoms with Crippen LogP contribution in [0.3, 0.4) is 0 Å². The van der Waals surface area contributed by atoms with E-state index in [-0.39, 0.29) is 12.5 Å². The van der Waals surface area contributed by atoms with Crippen LogP contribution in [0.25, 0.3) is 0 Å². The first-order chi connectivity index (χ1) is 9.70. The predicted molar refractivity (Wildman–Crippen MR) is 72.6 cm³/mol. The molecule has 0 saturated carbocycles. The number of nitrogens with zero attached hydrogens (tertiary/aromatic N) is 3. The summed E-state index contributed by atoms with van der Waals surface area (Å²) in [5, 5.41) is 8.66. The number of imidazole rings is 1. The predicted octanol–water partition coefficient (Wildman–Crippen LogP) is 0.421. The summed E-state index contributed by atoms with van der Waals surface area (Å²) in [6.07, 6.45) is 6.39. The van der Waals surface area contributed by atoms with Gasteiger partial charge in [-0.25, -0.2) is 4.98 Å². The number of aliphatic hydroxyl groups is 1. The fraction of sp³-hybridized carbons (Fsp3) is 0.214. The summed E-state index contributed by atoms with van der Waals surface area (Å²) < 4.78 is 0. The molecule has 6 nitrogen and oxygen atoms in total. The number of aliphatic hydroxyl groups excluding tert-OH is 1. The van der Waals surface area contributed by atoms with Crippen molar-refractivity contribution in [1.82, 2.24) is 19.9 Å². The molecule has 6 heteroatoms. The van der Waals surface area contributed by atoms with Gasteiger partial charge in [-0.2, -0.15) is 0 Å². The molecule has 2 N–H and O–H groups in total. The van der Waals surface area contributed by atoms with Crippen molar-refractivity contribution in [2.75, 3.05) is 13.7 Å².